The topological polar surface area (TPSA) is 90.4 Å². The van der Waals surface area contributed by atoms with Crippen molar-refractivity contribution in [3.63, 3.8) is 0 Å². The zero-order chi connectivity index (χ0) is 9.23. The van der Waals surface area contributed by atoms with E-state index in [1.54, 1.807) is 0 Å². The molecule has 5 heteroatoms. The lowest BCUT2D eigenvalue weighted by Gasteiger charge is -2.02. The number of nitrogens with one attached hydrogen (secondary N) is 1. The lowest BCUT2D eigenvalue weighted by Crippen LogP contribution is -2.25. The van der Waals surface area contributed by atoms with Crippen LogP contribution in [0.4, 0.5) is 4.79 Å². The number of rotatable bonds is 7. The SMILES string of the molecule is NCCCCCCNOC(N)=O. The number of carbonyl (C=O) groups is 1. The first-order valence-corrected chi connectivity index (χ1v) is 4.16. The van der Waals surface area contributed by atoms with Crippen LogP contribution < -0.4 is 16.9 Å². The second-order valence-corrected chi connectivity index (χ2v) is 2.52. The van der Waals surface area contributed by atoms with E-state index in [2.05, 4.69) is 10.3 Å². The largest absolute Gasteiger partial charge is 0.423 e. The first kappa shape index (κ1) is 11.2. The number of carbonyl (C=O) groups excluding carboxylic acids is 1. The first-order valence-electron chi connectivity index (χ1n) is 4.16. The molecule has 0 bridgehead atoms. The van der Waals surface area contributed by atoms with Crippen molar-refractivity contribution >= 4 is 6.09 Å². The minimum Gasteiger partial charge on any atom is -0.354 e. The van der Waals surface area contributed by atoms with Crippen LogP contribution in [-0.2, 0) is 4.84 Å². The normalized spacial score (nSPS) is 9.75. The Bertz CT molecular complexity index is 119. The molecule has 0 atom stereocenters. The summed E-state index contributed by atoms with van der Waals surface area (Å²) in [6, 6.07) is 0. The molecule has 12 heavy (non-hydrogen) atoms. The van der Waals surface area contributed by atoms with E-state index in [-0.39, 0.29) is 0 Å². The van der Waals surface area contributed by atoms with Gasteiger partial charge in [-0.25, -0.2) is 4.79 Å². The lowest BCUT2D eigenvalue weighted by molar-refractivity contribution is 0.0977. The third-order valence-corrected chi connectivity index (χ3v) is 1.41. The smallest absolute Gasteiger partial charge is 0.354 e. The van der Waals surface area contributed by atoms with Crippen LogP contribution in [0.1, 0.15) is 25.7 Å². The molecule has 0 spiro atoms. The maximum Gasteiger partial charge on any atom is 0.423 e. The van der Waals surface area contributed by atoms with Gasteiger partial charge in [0.05, 0.1) is 0 Å². The van der Waals surface area contributed by atoms with Crippen LogP contribution in [0.5, 0.6) is 0 Å². The highest BCUT2D eigenvalue weighted by molar-refractivity contribution is 5.64. The highest BCUT2D eigenvalue weighted by atomic mass is 16.7. The molecule has 0 aliphatic carbocycles. The fourth-order valence-electron chi connectivity index (χ4n) is 0.817. The highest BCUT2D eigenvalue weighted by Crippen LogP contribution is 1.96. The molecule has 72 valence electrons. The fourth-order valence-corrected chi connectivity index (χ4v) is 0.817. The quantitative estimate of drug-likeness (QED) is 0.378. The summed E-state index contributed by atoms with van der Waals surface area (Å²) in [7, 11) is 0. The number of amides is 1. The van der Waals surface area contributed by atoms with E-state index < -0.39 is 6.09 Å². The number of hydroxylamine groups is 1. The Morgan fingerprint density at radius 2 is 1.92 bits per heavy atom. The predicted octanol–water partition coefficient (Wildman–Crippen LogP) is 0.105. The summed E-state index contributed by atoms with van der Waals surface area (Å²) in [6.45, 7) is 1.39. The Kier molecular flexibility index (Phi) is 7.73. The van der Waals surface area contributed by atoms with Crippen LogP contribution in [0, 0.1) is 0 Å². The number of nitrogens with two attached hydrogens (primary N) is 2. The maximum absolute atomic E-state index is 10.1. The molecule has 0 rings (SSSR count). The van der Waals surface area contributed by atoms with Crippen LogP contribution in [-0.4, -0.2) is 19.2 Å². The molecule has 0 aromatic carbocycles. The lowest BCUT2D eigenvalue weighted by atomic mass is 10.2. The Labute approximate surface area is 72.4 Å². The van der Waals surface area contributed by atoms with Gasteiger partial charge >= 0.3 is 6.09 Å². The van der Waals surface area contributed by atoms with Gasteiger partial charge in [0, 0.05) is 6.54 Å². The van der Waals surface area contributed by atoms with Crippen molar-refractivity contribution < 1.29 is 9.63 Å². The van der Waals surface area contributed by atoms with Gasteiger partial charge in [-0.05, 0) is 19.4 Å². The zero-order valence-electron chi connectivity index (χ0n) is 7.21. The molecule has 0 radical (unpaired) electrons. The Hall–Kier alpha value is -0.810. The molecule has 0 aliphatic rings. The van der Waals surface area contributed by atoms with Crippen LogP contribution in [0.25, 0.3) is 0 Å². The zero-order valence-corrected chi connectivity index (χ0v) is 7.21. The molecule has 0 fully saturated rings. The standard InChI is InChI=1S/C7H17N3O2/c8-5-3-1-2-4-6-10-12-7(9)11/h10H,1-6,8H2,(H2,9,11). The van der Waals surface area contributed by atoms with Crippen molar-refractivity contribution in [1.82, 2.24) is 5.48 Å². The average Bonchev–Trinajstić information content (AvgIpc) is 2.02. The number of unbranched alkanes of at least 4 members (excludes halogenated alkanes) is 3. The molecule has 0 saturated carbocycles. The van der Waals surface area contributed by atoms with Gasteiger partial charge in [0.25, 0.3) is 0 Å². The second kappa shape index (κ2) is 8.29. The minimum atomic E-state index is -0.794. The number of primary amides is 1. The molecule has 5 N–H and O–H groups in total. The van der Waals surface area contributed by atoms with E-state index >= 15 is 0 Å². The van der Waals surface area contributed by atoms with Crippen molar-refractivity contribution in [2.75, 3.05) is 13.1 Å². The van der Waals surface area contributed by atoms with Crippen LogP contribution in [0.15, 0.2) is 0 Å². The van der Waals surface area contributed by atoms with Crippen LogP contribution in [0.2, 0.25) is 0 Å². The maximum atomic E-state index is 10.1. The van der Waals surface area contributed by atoms with Crippen molar-refractivity contribution in [3.8, 4) is 0 Å². The molecule has 1 amide bonds. The van der Waals surface area contributed by atoms with Crippen molar-refractivity contribution in [1.29, 1.82) is 0 Å². The molecule has 5 nitrogen and oxygen atoms in total. The third-order valence-electron chi connectivity index (χ3n) is 1.41. The Morgan fingerprint density at radius 1 is 1.25 bits per heavy atom. The van der Waals surface area contributed by atoms with Gasteiger partial charge < -0.3 is 16.3 Å². The van der Waals surface area contributed by atoms with E-state index in [9.17, 15) is 4.79 Å². The molecule has 0 saturated heterocycles. The van der Waals surface area contributed by atoms with Gasteiger partial charge in [-0.3, -0.25) is 0 Å². The average molecular weight is 175 g/mol. The molecular weight excluding hydrogens is 158 g/mol. The van der Waals surface area contributed by atoms with E-state index in [4.69, 9.17) is 11.5 Å². The molecule has 0 aliphatic heterocycles. The van der Waals surface area contributed by atoms with Gasteiger partial charge in [0.1, 0.15) is 0 Å². The van der Waals surface area contributed by atoms with Gasteiger partial charge in [0.2, 0.25) is 0 Å². The summed E-state index contributed by atoms with van der Waals surface area (Å²) in [5.41, 5.74) is 12.5. The summed E-state index contributed by atoms with van der Waals surface area (Å²) in [5, 5.41) is 0. The summed E-state index contributed by atoms with van der Waals surface area (Å²) < 4.78 is 0. The van der Waals surface area contributed by atoms with Gasteiger partial charge in [-0.1, -0.05) is 12.8 Å². The summed E-state index contributed by atoms with van der Waals surface area (Å²) in [5.74, 6) is 0. The molecule has 0 aromatic rings. The van der Waals surface area contributed by atoms with Gasteiger partial charge in [-0.2, -0.15) is 5.48 Å². The first-order chi connectivity index (χ1) is 5.77. The fraction of sp³-hybridized carbons (Fsp3) is 0.857. The predicted molar refractivity (Wildman–Crippen MR) is 46.2 cm³/mol. The van der Waals surface area contributed by atoms with E-state index in [0.29, 0.717) is 6.54 Å². The molecular formula is C7H17N3O2. The third kappa shape index (κ3) is 9.19. The summed E-state index contributed by atoms with van der Waals surface area (Å²) >= 11 is 0. The van der Waals surface area contributed by atoms with E-state index in [1.165, 1.54) is 0 Å². The van der Waals surface area contributed by atoms with Crippen LogP contribution >= 0.6 is 0 Å². The van der Waals surface area contributed by atoms with Crippen molar-refractivity contribution in [2.24, 2.45) is 11.5 Å². The minimum absolute atomic E-state index is 0.646. The van der Waals surface area contributed by atoms with E-state index in [0.717, 1.165) is 32.2 Å². The Balaban J connectivity index is 2.86. The molecule has 0 unspecified atom stereocenters. The van der Waals surface area contributed by atoms with Crippen molar-refractivity contribution in [3.05, 3.63) is 0 Å². The second-order valence-electron chi connectivity index (χ2n) is 2.52. The number of hydrogen-bond donors (Lipinski definition) is 3. The van der Waals surface area contributed by atoms with Gasteiger partial charge in [0.15, 0.2) is 0 Å². The Morgan fingerprint density at radius 3 is 2.50 bits per heavy atom. The molecule has 0 aromatic heterocycles. The van der Waals surface area contributed by atoms with E-state index in [1.807, 2.05) is 0 Å². The van der Waals surface area contributed by atoms with Crippen molar-refractivity contribution in [2.45, 2.75) is 25.7 Å². The van der Waals surface area contributed by atoms with Crippen LogP contribution in [0.3, 0.4) is 0 Å². The van der Waals surface area contributed by atoms with Gasteiger partial charge in [-0.15, -0.1) is 0 Å². The molecule has 0 heterocycles. The summed E-state index contributed by atoms with van der Waals surface area (Å²) in [6.07, 6.45) is 3.43. The summed E-state index contributed by atoms with van der Waals surface area (Å²) in [4.78, 5) is 14.4. The highest BCUT2D eigenvalue weighted by Gasteiger charge is 1.92. The number of hydrogen-bond acceptors (Lipinski definition) is 4. The monoisotopic (exact) mass is 175 g/mol.